The van der Waals surface area contributed by atoms with E-state index >= 15 is 0 Å². The summed E-state index contributed by atoms with van der Waals surface area (Å²) in [5, 5.41) is 0. The zero-order chi connectivity index (χ0) is 15.0. The summed E-state index contributed by atoms with van der Waals surface area (Å²) in [5.41, 5.74) is 6.06. The highest BCUT2D eigenvalue weighted by atomic mass is 19.1. The second-order valence-electron chi connectivity index (χ2n) is 5.21. The lowest BCUT2D eigenvalue weighted by Crippen LogP contribution is -2.28. The van der Waals surface area contributed by atoms with Crippen molar-refractivity contribution in [1.29, 1.82) is 0 Å². The molecule has 0 bridgehead atoms. The van der Waals surface area contributed by atoms with Crippen molar-refractivity contribution in [2.75, 3.05) is 18.8 Å². The molecule has 3 rings (SSSR count). The number of anilines is 1. The number of hydrogen-bond donors (Lipinski definition) is 1. The van der Waals surface area contributed by atoms with E-state index in [1.165, 1.54) is 10.6 Å². The van der Waals surface area contributed by atoms with E-state index in [2.05, 4.69) is 4.98 Å². The van der Waals surface area contributed by atoms with Crippen LogP contribution in [0, 0.1) is 11.6 Å². The second kappa shape index (κ2) is 5.31. The van der Waals surface area contributed by atoms with Gasteiger partial charge in [0.25, 0.3) is 0 Å². The predicted octanol–water partition coefficient (Wildman–Crippen LogP) is 1.91. The van der Waals surface area contributed by atoms with Crippen LogP contribution in [0.1, 0.15) is 19.3 Å². The Kier molecular flexibility index (Phi) is 3.48. The van der Waals surface area contributed by atoms with Crippen molar-refractivity contribution in [2.45, 2.75) is 25.8 Å². The summed E-state index contributed by atoms with van der Waals surface area (Å²) < 4.78 is 28.5. The number of nitrogens with zero attached hydrogens (tertiary/aromatic N) is 3. The number of nitrogens with two attached hydrogens (primary N) is 1. The molecule has 2 N–H and O–H groups in total. The molecule has 2 aromatic rings. The second-order valence-corrected chi connectivity index (χ2v) is 5.21. The largest absolute Gasteiger partial charge is 0.369 e. The average molecular weight is 294 g/mol. The molecule has 1 aliphatic heterocycles. The maximum Gasteiger partial charge on any atom is 0.224 e. The van der Waals surface area contributed by atoms with E-state index in [9.17, 15) is 13.6 Å². The Morgan fingerprint density at radius 2 is 2.00 bits per heavy atom. The predicted molar refractivity (Wildman–Crippen MR) is 74.5 cm³/mol. The number of amides is 1. The van der Waals surface area contributed by atoms with Crippen LogP contribution in [0.5, 0.6) is 0 Å². The van der Waals surface area contributed by atoms with E-state index in [0.29, 0.717) is 0 Å². The van der Waals surface area contributed by atoms with Gasteiger partial charge in [0.05, 0.1) is 5.52 Å². The number of aromatic nitrogens is 2. The summed E-state index contributed by atoms with van der Waals surface area (Å²) in [6, 6.07) is 1.95. The number of aryl methyl sites for hydroxylation is 1. The van der Waals surface area contributed by atoms with E-state index in [4.69, 9.17) is 5.73 Å². The first-order chi connectivity index (χ1) is 10.1. The normalized spacial score (nSPS) is 15.0. The van der Waals surface area contributed by atoms with Crippen LogP contribution in [0.3, 0.4) is 0 Å². The molecule has 2 heterocycles. The fraction of sp³-hybridized carbons (Fsp3) is 0.429. The van der Waals surface area contributed by atoms with E-state index < -0.39 is 11.6 Å². The van der Waals surface area contributed by atoms with Gasteiger partial charge in [-0.05, 0) is 12.8 Å². The third-order valence-electron chi connectivity index (χ3n) is 3.81. The molecule has 0 atom stereocenters. The van der Waals surface area contributed by atoms with Crippen LogP contribution in [-0.4, -0.2) is 33.4 Å². The Morgan fingerprint density at radius 1 is 1.29 bits per heavy atom. The molecule has 0 spiro atoms. The van der Waals surface area contributed by atoms with Gasteiger partial charge in [0.15, 0.2) is 5.82 Å². The standard InChI is InChI=1S/C14H16F2N4O/c15-9-7-10(16)13-11(8-9)20(14(17)18-13)6-3-12(21)19-4-1-2-5-19/h7-8H,1-6H2,(H2,17,18). The van der Waals surface area contributed by atoms with Gasteiger partial charge in [-0.15, -0.1) is 0 Å². The Balaban J connectivity index is 1.83. The Labute approximate surface area is 120 Å². The highest BCUT2D eigenvalue weighted by Gasteiger charge is 2.19. The van der Waals surface area contributed by atoms with Crippen molar-refractivity contribution >= 4 is 22.9 Å². The van der Waals surface area contributed by atoms with E-state index in [1.807, 2.05) is 0 Å². The van der Waals surface area contributed by atoms with Crippen molar-refractivity contribution < 1.29 is 13.6 Å². The number of carbonyl (C=O) groups excluding carboxylic acids is 1. The molecule has 1 fully saturated rings. The number of imidazole rings is 1. The molecule has 21 heavy (non-hydrogen) atoms. The monoisotopic (exact) mass is 294 g/mol. The Morgan fingerprint density at radius 3 is 2.71 bits per heavy atom. The van der Waals surface area contributed by atoms with Crippen LogP contribution in [-0.2, 0) is 11.3 Å². The number of hydrogen-bond acceptors (Lipinski definition) is 3. The molecule has 112 valence electrons. The third-order valence-corrected chi connectivity index (χ3v) is 3.81. The van der Waals surface area contributed by atoms with Gasteiger partial charge in [0, 0.05) is 38.2 Å². The summed E-state index contributed by atoms with van der Waals surface area (Å²) in [5.74, 6) is -1.32. The van der Waals surface area contributed by atoms with Gasteiger partial charge in [-0.1, -0.05) is 0 Å². The van der Waals surface area contributed by atoms with Crippen molar-refractivity contribution in [3.8, 4) is 0 Å². The minimum atomic E-state index is -0.749. The maximum atomic E-state index is 13.6. The number of benzene rings is 1. The van der Waals surface area contributed by atoms with Gasteiger partial charge in [-0.25, -0.2) is 13.8 Å². The topological polar surface area (TPSA) is 64.1 Å². The van der Waals surface area contributed by atoms with E-state index in [-0.39, 0.29) is 35.9 Å². The van der Waals surface area contributed by atoms with Gasteiger partial charge < -0.3 is 15.2 Å². The molecule has 0 saturated carbocycles. The summed E-state index contributed by atoms with van der Waals surface area (Å²) in [6.45, 7) is 1.82. The number of rotatable bonds is 3. The molecule has 1 saturated heterocycles. The SMILES string of the molecule is Nc1nc2c(F)cc(F)cc2n1CCC(=O)N1CCCC1. The van der Waals surface area contributed by atoms with Crippen LogP contribution in [0.4, 0.5) is 14.7 Å². The van der Waals surface area contributed by atoms with Crippen molar-refractivity contribution in [2.24, 2.45) is 0 Å². The number of fused-ring (bicyclic) bond motifs is 1. The van der Waals surface area contributed by atoms with E-state index in [0.717, 1.165) is 32.0 Å². The van der Waals surface area contributed by atoms with Crippen LogP contribution in [0.2, 0.25) is 0 Å². The summed E-state index contributed by atoms with van der Waals surface area (Å²) in [4.78, 5) is 17.7. The molecule has 1 aromatic heterocycles. The molecule has 0 aliphatic carbocycles. The lowest BCUT2D eigenvalue weighted by molar-refractivity contribution is -0.130. The lowest BCUT2D eigenvalue weighted by Gasteiger charge is -2.15. The Hall–Kier alpha value is -2.18. The highest BCUT2D eigenvalue weighted by molar-refractivity contribution is 5.80. The van der Waals surface area contributed by atoms with Gasteiger partial charge in [0.1, 0.15) is 11.3 Å². The van der Waals surface area contributed by atoms with Crippen LogP contribution < -0.4 is 5.73 Å². The van der Waals surface area contributed by atoms with Crippen molar-refractivity contribution in [3.63, 3.8) is 0 Å². The van der Waals surface area contributed by atoms with Gasteiger partial charge >= 0.3 is 0 Å². The molecular weight excluding hydrogens is 278 g/mol. The summed E-state index contributed by atoms with van der Waals surface area (Å²) in [6.07, 6.45) is 2.30. The van der Waals surface area contributed by atoms with Crippen LogP contribution in [0.15, 0.2) is 12.1 Å². The smallest absolute Gasteiger partial charge is 0.224 e. The molecule has 1 aliphatic rings. The van der Waals surface area contributed by atoms with Crippen molar-refractivity contribution in [3.05, 3.63) is 23.8 Å². The minimum absolute atomic E-state index is 0.0301. The van der Waals surface area contributed by atoms with Crippen LogP contribution >= 0.6 is 0 Å². The molecular formula is C14H16F2N4O. The third kappa shape index (κ3) is 2.55. The maximum absolute atomic E-state index is 13.6. The highest BCUT2D eigenvalue weighted by Crippen LogP contribution is 2.22. The van der Waals surface area contributed by atoms with E-state index in [1.54, 1.807) is 4.90 Å². The molecule has 7 heteroatoms. The number of halogens is 2. The first-order valence-corrected chi connectivity index (χ1v) is 6.95. The molecule has 1 amide bonds. The van der Waals surface area contributed by atoms with Crippen molar-refractivity contribution in [1.82, 2.24) is 14.5 Å². The first kappa shape index (κ1) is 13.8. The summed E-state index contributed by atoms with van der Waals surface area (Å²) >= 11 is 0. The zero-order valence-electron chi connectivity index (χ0n) is 11.5. The van der Waals surface area contributed by atoms with Gasteiger partial charge in [0.2, 0.25) is 11.9 Å². The molecule has 5 nitrogen and oxygen atoms in total. The summed E-state index contributed by atoms with van der Waals surface area (Å²) in [7, 11) is 0. The number of carbonyl (C=O) groups is 1. The Bertz CT molecular complexity index is 692. The molecule has 1 aromatic carbocycles. The first-order valence-electron chi connectivity index (χ1n) is 6.95. The lowest BCUT2D eigenvalue weighted by atomic mass is 10.3. The van der Waals surface area contributed by atoms with Crippen LogP contribution in [0.25, 0.3) is 11.0 Å². The quantitative estimate of drug-likeness (QED) is 0.940. The van der Waals surface area contributed by atoms with Gasteiger partial charge in [-0.2, -0.15) is 0 Å². The minimum Gasteiger partial charge on any atom is -0.369 e. The zero-order valence-corrected chi connectivity index (χ0v) is 11.5. The number of nitrogen functional groups attached to an aromatic ring is 1. The molecule has 0 radical (unpaired) electrons. The number of likely N-dealkylation sites (tertiary alicyclic amines) is 1. The fourth-order valence-corrected chi connectivity index (χ4v) is 2.73. The van der Waals surface area contributed by atoms with Gasteiger partial charge in [-0.3, -0.25) is 4.79 Å². The fourth-order valence-electron chi connectivity index (χ4n) is 2.73. The average Bonchev–Trinajstić information content (AvgIpc) is 3.05. The molecule has 0 unspecified atom stereocenters.